The maximum Gasteiger partial charge on any atom is 0.251 e. The molecular formula is C18H19ClN2O4. The zero-order valence-electron chi connectivity index (χ0n) is 14.2. The van der Waals surface area contributed by atoms with Gasteiger partial charge in [-0.25, -0.2) is 0 Å². The third-order valence-electron chi connectivity index (χ3n) is 3.49. The average molecular weight is 363 g/mol. The van der Waals surface area contributed by atoms with Gasteiger partial charge < -0.3 is 20.1 Å². The lowest BCUT2D eigenvalue weighted by molar-refractivity contribution is -0.115. The first kappa shape index (κ1) is 18.6. The summed E-state index contributed by atoms with van der Waals surface area (Å²) in [6, 6.07) is 9.94. The smallest absolute Gasteiger partial charge is 0.251 e. The van der Waals surface area contributed by atoms with Crippen molar-refractivity contribution < 1.29 is 19.1 Å². The minimum atomic E-state index is -0.403. The van der Waals surface area contributed by atoms with Gasteiger partial charge in [0.1, 0.15) is 11.5 Å². The van der Waals surface area contributed by atoms with Crippen molar-refractivity contribution in [2.24, 2.45) is 0 Å². The normalized spacial score (nSPS) is 10.1. The molecule has 0 fully saturated rings. The van der Waals surface area contributed by atoms with Crippen molar-refractivity contribution in [1.82, 2.24) is 5.32 Å². The first-order valence-electron chi connectivity index (χ1n) is 7.50. The summed E-state index contributed by atoms with van der Waals surface area (Å²) in [5.41, 5.74) is 1.82. The molecule has 2 aromatic carbocycles. The number of methoxy groups -OCH3 is 2. The second kappa shape index (κ2) is 8.39. The van der Waals surface area contributed by atoms with E-state index in [2.05, 4.69) is 10.6 Å². The number of carbonyl (C=O) groups is 2. The minimum absolute atomic E-state index is 0.166. The van der Waals surface area contributed by atoms with Crippen LogP contribution in [0.4, 0.5) is 5.69 Å². The summed E-state index contributed by atoms with van der Waals surface area (Å²) < 4.78 is 10.2. The summed E-state index contributed by atoms with van der Waals surface area (Å²) in [7, 11) is 3.00. The molecule has 7 heteroatoms. The Morgan fingerprint density at radius 1 is 1.04 bits per heavy atom. The van der Waals surface area contributed by atoms with Crippen LogP contribution in [0.3, 0.4) is 0 Å². The first-order chi connectivity index (χ1) is 11.9. The molecule has 0 saturated heterocycles. The van der Waals surface area contributed by atoms with Crippen molar-refractivity contribution >= 4 is 29.1 Å². The number of hydrogen-bond donors (Lipinski definition) is 2. The molecule has 2 aromatic rings. The van der Waals surface area contributed by atoms with Crippen molar-refractivity contribution in [1.29, 1.82) is 0 Å². The standard InChI is InChI=1S/C18H19ClN2O4/c1-11-6-13(19)4-5-16(11)21-17(22)10-20-18(23)12-7-14(24-2)9-15(8-12)25-3/h4-9H,10H2,1-3H3,(H,20,23)(H,21,22). The number of amides is 2. The van der Waals surface area contributed by atoms with Gasteiger partial charge in [0.05, 0.1) is 20.8 Å². The van der Waals surface area contributed by atoms with Crippen LogP contribution in [0.25, 0.3) is 0 Å². The Balaban J connectivity index is 1.98. The summed E-state index contributed by atoms with van der Waals surface area (Å²) in [6.07, 6.45) is 0. The lowest BCUT2D eigenvalue weighted by Gasteiger charge is -2.11. The zero-order valence-corrected chi connectivity index (χ0v) is 14.9. The topological polar surface area (TPSA) is 76.7 Å². The van der Waals surface area contributed by atoms with Crippen LogP contribution in [0.2, 0.25) is 5.02 Å². The molecule has 0 atom stereocenters. The van der Waals surface area contributed by atoms with E-state index < -0.39 is 5.91 Å². The zero-order chi connectivity index (χ0) is 18.4. The summed E-state index contributed by atoms with van der Waals surface area (Å²) >= 11 is 5.88. The molecule has 0 saturated carbocycles. The van der Waals surface area contributed by atoms with Crippen LogP contribution in [0.1, 0.15) is 15.9 Å². The highest BCUT2D eigenvalue weighted by Crippen LogP contribution is 2.22. The second-order valence-corrected chi connectivity index (χ2v) is 5.73. The van der Waals surface area contributed by atoms with E-state index in [1.165, 1.54) is 14.2 Å². The van der Waals surface area contributed by atoms with Gasteiger partial charge in [0.2, 0.25) is 5.91 Å². The molecule has 0 heterocycles. The molecule has 0 aromatic heterocycles. The number of carbonyl (C=O) groups excluding carboxylic acids is 2. The molecule has 2 amide bonds. The predicted octanol–water partition coefficient (Wildman–Crippen LogP) is 3.03. The molecule has 6 nitrogen and oxygen atoms in total. The van der Waals surface area contributed by atoms with Gasteiger partial charge in [0.25, 0.3) is 5.91 Å². The second-order valence-electron chi connectivity index (χ2n) is 5.29. The maximum atomic E-state index is 12.2. The van der Waals surface area contributed by atoms with Gasteiger partial charge in [-0.1, -0.05) is 11.6 Å². The first-order valence-corrected chi connectivity index (χ1v) is 7.88. The van der Waals surface area contributed by atoms with E-state index in [1.54, 1.807) is 36.4 Å². The van der Waals surface area contributed by atoms with E-state index in [0.717, 1.165) is 5.56 Å². The Hall–Kier alpha value is -2.73. The Morgan fingerprint density at radius 3 is 2.24 bits per heavy atom. The average Bonchev–Trinajstić information content (AvgIpc) is 2.61. The molecule has 0 unspecified atom stereocenters. The maximum absolute atomic E-state index is 12.2. The molecule has 2 N–H and O–H groups in total. The van der Waals surface area contributed by atoms with E-state index in [9.17, 15) is 9.59 Å². The summed E-state index contributed by atoms with van der Waals surface area (Å²) in [4.78, 5) is 24.3. The van der Waals surface area contributed by atoms with Gasteiger partial charge in [-0.05, 0) is 42.8 Å². The molecule has 132 valence electrons. The van der Waals surface area contributed by atoms with Crippen LogP contribution in [0, 0.1) is 6.92 Å². The van der Waals surface area contributed by atoms with E-state index >= 15 is 0 Å². The number of aryl methyl sites for hydroxylation is 1. The number of rotatable bonds is 6. The Bertz CT molecular complexity index is 770. The largest absolute Gasteiger partial charge is 0.497 e. The number of ether oxygens (including phenoxy) is 2. The fraction of sp³-hybridized carbons (Fsp3) is 0.222. The van der Waals surface area contributed by atoms with E-state index in [4.69, 9.17) is 21.1 Å². The molecule has 0 aliphatic rings. The summed E-state index contributed by atoms with van der Waals surface area (Å²) in [5.74, 6) is 0.241. The Morgan fingerprint density at radius 2 is 1.68 bits per heavy atom. The molecule has 0 spiro atoms. The van der Waals surface area contributed by atoms with Crippen LogP contribution in [-0.2, 0) is 4.79 Å². The SMILES string of the molecule is COc1cc(OC)cc(C(=O)NCC(=O)Nc2ccc(Cl)cc2C)c1. The van der Waals surface area contributed by atoms with Crippen molar-refractivity contribution in [2.75, 3.05) is 26.1 Å². The fourth-order valence-corrected chi connectivity index (χ4v) is 2.39. The highest BCUT2D eigenvalue weighted by Gasteiger charge is 2.12. The van der Waals surface area contributed by atoms with Crippen molar-refractivity contribution in [3.8, 4) is 11.5 Å². The van der Waals surface area contributed by atoms with Crippen molar-refractivity contribution in [2.45, 2.75) is 6.92 Å². The quantitative estimate of drug-likeness (QED) is 0.828. The van der Waals surface area contributed by atoms with E-state index in [-0.39, 0.29) is 12.5 Å². The lowest BCUT2D eigenvalue weighted by atomic mass is 10.2. The van der Waals surface area contributed by atoms with Crippen molar-refractivity contribution in [3.05, 3.63) is 52.5 Å². The fourth-order valence-electron chi connectivity index (χ4n) is 2.16. The van der Waals surface area contributed by atoms with Crippen LogP contribution in [-0.4, -0.2) is 32.6 Å². The molecule has 25 heavy (non-hydrogen) atoms. The van der Waals surface area contributed by atoms with Crippen LogP contribution < -0.4 is 20.1 Å². The number of halogens is 1. The highest BCUT2D eigenvalue weighted by atomic mass is 35.5. The van der Waals surface area contributed by atoms with Crippen LogP contribution in [0.15, 0.2) is 36.4 Å². The van der Waals surface area contributed by atoms with Gasteiger partial charge in [-0.3, -0.25) is 9.59 Å². The number of anilines is 1. The van der Waals surface area contributed by atoms with E-state index in [1.807, 2.05) is 6.92 Å². The Labute approximate surface area is 151 Å². The van der Waals surface area contributed by atoms with Gasteiger partial charge in [0, 0.05) is 22.3 Å². The van der Waals surface area contributed by atoms with Gasteiger partial charge in [-0.2, -0.15) is 0 Å². The van der Waals surface area contributed by atoms with Crippen molar-refractivity contribution in [3.63, 3.8) is 0 Å². The number of benzene rings is 2. The predicted molar refractivity (Wildman–Crippen MR) is 96.7 cm³/mol. The summed E-state index contributed by atoms with van der Waals surface area (Å²) in [6.45, 7) is 1.67. The molecule has 2 rings (SSSR count). The van der Waals surface area contributed by atoms with Crippen LogP contribution in [0.5, 0.6) is 11.5 Å². The van der Waals surface area contributed by atoms with Crippen LogP contribution >= 0.6 is 11.6 Å². The molecule has 0 aliphatic carbocycles. The third-order valence-corrected chi connectivity index (χ3v) is 3.72. The van der Waals surface area contributed by atoms with E-state index in [0.29, 0.717) is 27.8 Å². The third kappa shape index (κ3) is 5.12. The molecule has 0 bridgehead atoms. The molecule has 0 radical (unpaired) electrons. The number of hydrogen-bond acceptors (Lipinski definition) is 4. The number of nitrogens with one attached hydrogen (secondary N) is 2. The lowest BCUT2D eigenvalue weighted by Crippen LogP contribution is -2.33. The molecular weight excluding hydrogens is 344 g/mol. The minimum Gasteiger partial charge on any atom is -0.497 e. The van der Waals surface area contributed by atoms with Gasteiger partial charge in [0.15, 0.2) is 0 Å². The van der Waals surface area contributed by atoms with Gasteiger partial charge >= 0.3 is 0 Å². The summed E-state index contributed by atoms with van der Waals surface area (Å²) in [5, 5.41) is 5.89. The van der Waals surface area contributed by atoms with Gasteiger partial charge in [-0.15, -0.1) is 0 Å². The Kier molecular flexibility index (Phi) is 6.25. The highest BCUT2D eigenvalue weighted by molar-refractivity contribution is 6.30. The molecule has 0 aliphatic heterocycles. The monoisotopic (exact) mass is 362 g/mol.